The summed E-state index contributed by atoms with van der Waals surface area (Å²) in [5, 5.41) is 5.64. The van der Waals surface area contributed by atoms with Crippen molar-refractivity contribution in [2.24, 2.45) is 5.92 Å². The summed E-state index contributed by atoms with van der Waals surface area (Å²) in [6.07, 6.45) is 2.46. The largest absolute Gasteiger partial charge is 0.383 e. The molecular formula is C13H23NOS. The minimum atomic E-state index is 0.565. The molecule has 0 saturated heterocycles. The van der Waals surface area contributed by atoms with Gasteiger partial charge in [-0.15, -0.1) is 11.3 Å². The molecule has 0 bridgehead atoms. The summed E-state index contributed by atoms with van der Waals surface area (Å²) in [5.74, 6) is 0.707. The minimum absolute atomic E-state index is 0.565. The second kappa shape index (κ2) is 7.82. The Morgan fingerprint density at radius 3 is 2.88 bits per heavy atom. The first-order valence-electron chi connectivity index (χ1n) is 5.98. The quantitative estimate of drug-likeness (QED) is 0.707. The SMILES string of the molecule is COCCNC(C)C(C)CCc1cccs1. The van der Waals surface area contributed by atoms with Crippen LogP contribution in [0.15, 0.2) is 17.5 Å². The lowest BCUT2D eigenvalue weighted by atomic mass is 9.97. The fourth-order valence-electron chi connectivity index (χ4n) is 1.66. The van der Waals surface area contributed by atoms with Crippen molar-refractivity contribution in [3.8, 4) is 0 Å². The van der Waals surface area contributed by atoms with Gasteiger partial charge in [-0.05, 0) is 37.1 Å². The maximum atomic E-state index is 5.03. The second-order valence-corrected chi connectivity index (χ2v) is 5.36. The van der Waals surface area contributed by atoms with Gasteiger partial charge >= 0.3 is 0 Å². The molecule has 92 valence electrons. The van der Waals surface area contributed by atoms with Crippen molar-refractivity contribution < 1.29 is 4.74 Å². The first-order valence-corrected chi connectivity index (χ1v) is 6.86. The Morgan fingerprint density at radius 1 is 1.44 bits per heavy atom. The number of hydrogen-bond acceptors (Lipinski definition) is 3. The van der Waals surface area contributed by atoms with Crippen LogP contribution >= 0.6 is 11.3 Å². The highest BCUT2D eigenvalue weighted by Gasteiger charge is 2.11. The number of aryl methyl sites for hydroxylation is 1. The Balaban J connectivity index is 2.15. The highest BCUT2D eigenvalue weighted by molar-refractivity contribution is 7.09. The summed E-state index contributed by atoms with van der Waals surface area (Å²) >= 11 is 1.86. The van der Waals surface area contributed by atoms with E-state index in [1.54, 1.807) is 7.11 Å². The Hall–Kier alpha value is -0.380. The first kappa shape index (κ1) is 13.7. The van der Waals surface area contributed by atoms with E-state index in [2.05, 4.69) is 36.7 Å². The lowest BCUT2D eigenvalue weighted by Gasteiger charge is -2.21. The van der Waals surface area contributed by atoms with Crippen LogP contribution < -0.4 is 5.32 Å². The van der Waals surface area contributed by atoms with E-state index < -0.39 is 0 Å². The summed E-state index contributed by atoms with van der Waals surface area (Å²) < 4.78 is 5.03. The minimum Gasteiger partial charge on any atom is -0.383 e. The standard InChI is InChI=1S/C13H23NOS/c1-11(12(2)14-8-9-15-3)6-7-13-5-4-10-16-13/h4-5,10-12,14H,6-9H2,1-3H3. The van der Waals surface area contributed by atoms with E-state index in [9.17, 15) is 0 Å². The van der Waals surface area contributed by atoms with Crippen LogP contribution in [0.25, 0.3) is 0 Å². The average Bonchev–Trinajstić information content (AvgIpc) is 2.79. The summed E-state index contributed by atoms with van der Waals surface area (Å²) in [6, 6.07) is 4.92. The van der Waals surface area contributed by atoms with Gasteiger partial charge < -0.3 is 10.1 Å². The van der Waals surface area contributed by atoms with Gasteiger partial charge in [0.2, 0.25) is 0 Å². The van der Waals surface area contributed by atoms with Crippen molar-refractivity contribution in [3.63, 3.8) is 0 Å². The Bertz CT molecular complexity index is 261. The third kappa shape index (κ3) is 5.10. The molecule has 0 aliphatic rings. The predicted octanol–water partition coefficient (Wildman–Crippen LogP) is 2.94. The van der Waals surface area contributed by atoms with E-state index in [1.807, 2.05) is 11.3 Å². The zero-order valence-electron chi connectivity index (χ0n) is 10.5. The molecule has 0 aliphatic carbocycles. The number of nitrogens with one attached hydrogen (secondary N) is 1. The van der Waals surface area contributed by atoms with Crippen molar-refractivity contribution in [2.75, 3.05) is 20.3 Å². The van der Waals surface area contributed by atoms with Gasteiger partial charge in [0.25, 0.3) is 0 Å². The molecule has 16 heavy (non-hydrogen) atoms. The van der Waals surface area contributed by atoms with Gasteiger partial charge in [-0.1, -0.05) is 13.0 Å². The number of rotatable bonds is 8. The Morgan fingerprint density at radius 2 is 2.25 bits per heavy atom. The molecule has 1 aromatic rings. The second-order valence-electron chi connectivity index (χ2n) is 4.33. The highest BCUT2D eigenvalue weighted by atomic mass is 32.1. The molecule has 0 radical (unpaired) electrons. The van der Waals surface area contributed by atoms with E-state index >= 15 is 0 Å². The fourth-order valence-corrected chi connectivity index (χ4v) is 2.39. The topological polar surface area (TPSA) is 21.3 Å². The molecule has 0 saturated carbocycles. The maximum absolute atomic E-state index is 5.03. The molecule has 0 amide bonds. The third-order valence-electron chi connectivity index (χ3n) is 3.05. The highest BCUT2D eigenvalue weighted by Crippen LogP contribution is 2.16. The fraction of sp³-hybridized carbons (Fsp3) is 0.692. The number of methoxy groups -OCH3 is 1. The van der Waals surface area contributed by atoms with Crippen molar-refractivity contribution in [2.45, 2.75) is 32.7 Å². The van der Waals surface area contributed by atoms with E-state index in [4.69, 9.17) is 4.74 Å². The molecule has 2 unspecified atom stereocenters. The van der Waals surface area contributed by atoms with E-state index in [-0.39, 0.29) is 0 Å². The summed E-state index contributed by atoms with van der Waals surface area (Å²) in [4.78, 5) is 1.50. The van der Waals surface area contributed by atoms with Gasteiger partial charge in [0.05, 0.1) is 6.61 Å². The van der Waals surface area contributed by atoms with E-state index in [1.165, 1.54) is 17.7 Å². The molecule has 1 heterocycles. The zero-order valence-corrected chi connectivity index (χ0v) is 11.3. The molecular weight excluding hydrogens is 218 g/mol. The van der Waals surface area contributed by atoms with Crippen LogP contribution in [0, 0.1) is 5.92 Å². The molecule has 1 aromatic heterocycles. The molecule has 2 atom stereocenters. The van der Waals surface area contributed by atoms with Crippen molar-refractivity contribution in [1.82, 2.24) is 5.32 Å². The normalized spacial score (nSPS) is 14.9. The molecule has 1 rings (SSSR count). The molecule has 1 N–H and O–H groups in total. The van der Waals surface area contributed by atoms with Crippen LogP contribution in [0.3, 0.4) is 0 Å². The number of ether oxygens (including phenoxy) is 1. The maximum Gasteiger partial charge on any atom is 0.0587 e. The van der Waals surface area contributed by atoms with Crippen LogP contribution in [0.4, 0.5) is 0 Å². The third-order valence-corrected chi connectivity index (χ3v) is 3.99. The monoisotopic (exact) mass is 241 g/mol. The van der Waals surface area contributed by atoms with Gasteiger partial charge in [0, 0.05) is 24.6 Å². The first-order chi connectivity index (χ1) is 7.74. The van der Waals surface area contributed by atoms with Crippen LogP contribution in [-0.4, -0.2) is 26.3 Å². The smallest absolute Gasteiger partial charge is 0.0587 e. The lowest BCUT2D eigenvalue weighted by molar-refractivity contribution is 0.192. The predicted molar refractivity (Wildman–Crippen MR) is 71.1 cm³/mol. The summed E-state index contributed by atoms with van der Waals surface area (Å²) in [7, 11) is 1.74. The molecule has 3 heteroatoms. The van der Waals surface area contributed by atoms with Gasteiger partial charge in [0.1, 0.15) is 0 Å². The Kier molecular flexibility index (Phi) is 6.69. The van der Waals surface area contributed by atoms with Gasteiger partial charge in [-0.2, -0.15) is 0 Å². The van der Waals surface area contributed by atoms with Crippen molar-refractivity contribution in [1.29, 1.82) is 0 Å². The molecule has 0 aliphatic heterocycles. The van der Waals surface area contributed by atoms with Crippen LogP contribution in [-0.2, 0) is 11.2 Å². The van der Waals surface area contributed by atoms with Crippen LogP contribution in [0.5, 0.6) is 0 Å². The van der Waals surface area contributed by atoms with Gasteiger partial charge in [0.15, 0.2) is 0 Å². The van der Waals surface area contributed by atoms with Crippen molar-refractivity contribution in [3.05, 3.63) is 22.4 Å². The summed E-state index contributed by atoms with van der Waals surface area (Å²) in [6.45, 7) is 6.32. The van der Waals surface area contributed by atoms with Gasteiger partial charge in [-0.25, -0.2) is 0 Å². The summed E-state index contributed by atoms with van der Waals surface area (Å²) in [5.41, 5.74) is 0. The Labute approximate surface area is 103 Å². The number of hydrogen-bond donors (Lipinski definition) is 1. The van der Waals surface area contributed by atoms with Gasteiger partial charge in [-0.3, -0.25) is 0 Å². The van der Waals surface area contributed by atoms with Crippen molar-refractivity contribution >= 4 is 11.3 Å². The number of thiophene rings is 1. The molecule has 2 nitrogen and oxygen atoms in total. The molecule has 0 aromatic carbocycles. The van der Waals surface area contributed by atoms with Crippen LogP contribution in [0.1, 0.15) is 25.1 Å². The average molecular weight is 241 g/mol. The van der Waals surface area contributed by atoms with E-state index in [0.717, 1.165) is 13.2 Å². The van der Waals surface area contributed by atoms with E-state index in [0.29, 0.717) is 12.0 Å². The zero-order chi connectivity index (χ0) is 11.8. The molecule has 0 spiro atoms. The van der Waals surface area contributed by atoms with Crippen LogP contribution in [0.2, 0.25) is 0 Å². The lowest BCUT2D eigenvalue weighted by Crippen LogP contribution is -2.34. The molecule has 0 fully saturated rings.